The van der Waals surface area contributed by atoms with Gasteiger partial charge in [-0.2, -0.15) is 0 Å². The molecule has 2 N–H and O–H groups in total. The Morgan fingerprint density at radius 2 is 1.84 bits per heavy atom. The lowest BCUT2D eigenvalue weighted by molar-refractivity contribution is 0.103. The van der Waals surface area contributed by atoms with Crippen molar-refractivity contribution in [2.24, 2.45) is 0 Å². The molecule has 1 aromatic heterocycles. The summed E-state index contributed by atoms with van der Waals surface area (Å²) in [5.41, 5.74) is 2.94. The van der Waals surface area contributed by atoms with Gasteiger partial charge in [0.2, 0.25) is 0 Å². The fourth-order valence-electron chi connectivity index (χ4n) is 3.22. The van der Waals surface area contributed by atoms with E-state index in [0.29, 0.717) is 6.54 Å². The highest BCUT2D eigenvalue weighted by Gasteiger charge is 2.21. The molecule has 2 unspecified atom stereocenters. The third-order valence-corrected chi connectivity index (χ3v) is 5.09. The van der Waals surface area contributed by atoms with E-state index in [9.17, 15) is 5.11 Å². The lowest BCUT2D eigenvalue weighted by atomic mass is 9.86. The first-order chi connectivity index (χ1) is 14.8. The number of hydrogen-bond acceptors (Lipinski definition) is 7. The van der Waals surface area contributed by atoms with E-state index in [2.05, 4.69) is 48.5 Å². The summed E-state index contributed by atoms with van der Waals surface area (Å²) >= 11 is 0. The van der Waals surface area contributed by atoms with E-state index in [-0.39, 0.29) is 30.5 Å². The molecule has 0 aliphatic carbocycles. The number of tetrazole rings is 1. The third kappa shape index (κ3) is 6.66. The van der Waals surface area contributed by atoms with Crippen molar-refractivity contribution >= 4 is 12.4 Å². The SMILES string of the molecule is COc1ccc(OCC(O)CNC(C)c2ccc(-n3cnnn3)cc2)c(C(C)(C)C)c1.Cl. The minimum Gasteiger partial charge on any atom is -0.497 e. The molecule has 1 heterocycles. The molecular weight excluding hydrogens is 430 g/mol. The summed E-state index contributed by atoms with van der Waals surface area (Å²) in [4.78, 5) is 0. The second-order valence-corrected chi connectivity index (χ2v) is 8.55. The fraction of sp³-hybridized carbons (Fsp3) is 0.435. The maximum absolute atomic E-state index is 10.4. The minimum absolute atomic E-state index is 0. The standard InChI is InChI=1S/C23H31N5O3.ClH/c1-16(17-6-8-18(9-7-17)28-15-25-26-27-28)24-13-19(29)14-31-22-11-10-20(30-5)12-21(22)23(2,3)4;/h6-12,15-16,19,24,29H,13-14H2,1-5H3;1H. The quantitative estimate of drug-likeness (QED) is 0.503. The van der Waals surface area contributed by atoms with Crippen LogP contribution in [0.4, 0.5) is 0 Å². The number of ether oxygens (including phenoxy) is 2. The van der Waals surface area contributed by atoms with Crippen LogP contribution in [-0.4, -0.2) is 51.7 Å². The van der Waals surface area contributed by atoms with Gasteiger partial charge in [0.15, 0.2) is 0 Å². The molecule has 9 heteroatoms. The lowest BCUT2D eigenvalue weighted by Gasteiger charge is -2.24. The first kappa shape index (κ1) is 25.6. The molecule has 174 valence electrons. The van der Waals surface area contributed by atoms with Crippen LogP contribution in [0.2, 0.25) is 0 Å². The molecule has 0 fully saturated rings. The number of aliphatic hydroxyl groups excluding tert-OH is 1. The lowest BCUT2D eigenvalue weighted by Crippen LogP contribution is -2.33. The van der Waals surface area contributed by atoms with Crippen molar-refractivity contribution in [3.8, 4) is 17.2 Å². The molecular formula is C23H32ClN5O3. The molecule has 8 nitrogen and oxygen atoms in total. The van der Waals surface area contributed by atoms with Gasteiger partial charge in [-0.05, 0) is 58.7 Å². The van der Waals surface area contributed by atoms with Crippen LogP contribution < -0.4 is 14.8 Å². The molecule has 2 aromatic carbocycles. The van der Waals surface area contributed by atoms with Gasteiger partial charge in [0.25, 0.3) is 0 Å². The average molecular weight is 462 g/mol. The Balaban J connectivity index is 0.00000363. The van der Waals surface area contributed by atoms with Gasteiger partial charge in [-0.1, -0.05) is 32.9 Å². The Hall–Kier alpha value is -2.68. The molecule has 3 rings (SSSR count). The Bertz CT molecular complexity index is 959. The monoisotopic (exact) mass is 461 g/mol. The van der Waals surface area contributed by atoms with Crippen molar-refractivity contribution in [2.75, 3.05) is 20.3 Å². The molecule has 32 heavy (non-hydrogen) atoms. The second kappa shape index (κ2) is 11.3. The Morgan fingerprint density at radius 1 is 1.12 bits per heavy atom. The Kier molecular flexibility index (Phi) is 9.00. The molecule has 3 aromatic rings. The smallest absolute Gasteiger partial charge is 0.143 e. The van der Waals surface area contributed by atoms with E-state index in [0.717, 1.165) is 28.3 Å². The summed E-state index contributed by atoms with van der Waals surface area (Å²) < 4.78 is 12.9. The molecule has 0 spiro atoms. The summed E-state index contributed by atoms with van der Waals surface area (Å²) in [6.07, 6.45) is 0.916. The Morgan fingerprint density at radius 3 is 2.44 bits per heavy atom. The van der Waals surface area contributed by atoms with E-state index < -0.39 is 6.10 Å². The van der Waals surface area contributed by atoms with Crippen molar-refractivity contribution in [2.45, 2.75) is 45.3 Å². The predicted octanol–water partition coefficient (Wildman–Crippen LogP) is 3.48. The van der Waals surface area contributed by atoms with E-state index in [1.54, 1.807) is 18.1 Å². The first-order valence-corrected chi connectivity index (χ1v) is 10.3. The molecule has 0 saturated carbocycles. The fourth-order valence-corrected chi connectivity index (χ4v) is 3.22. The van der Waals surface area contributed by atoms with Gasteiger partial charge in [-0.15, -0.1) is 17.5 Å². The van der Waals surface area contributed by atoms with Gasteiger partial charge in [0.1, 0.15) is 30.5 Å². The predicted molar refractivity (Wildman–Crippen MR) is 126 cm³/mol. The van der Waals surface area contributed by atoms with Crippen molar-refractivity contribution in [1.82, 2.24) is 25.5 Å². The largest absolute Gasteiger partial charge is 0.497 e. The van der Waals surface area contributed by atoms with Crippen LogP contribution in [0.5, 0.6) is 11.5 Å². The average Bonchev–Trinajstić information content (AvgIpc) is 3.30. The highest BCUT2D eigenvalue weighted by atomic mass is 35.5. The number of rotatable bonds is 9. The number of benzene rings is 2. The number of nitrogens with one attached hydrogen (secondary N) is 1. The summed E-state index contributed by atoms with van der Waals surface area (Å²) in [5.74, 6) is 1.55. The van der Waals surface area contributed by atoms with Crippen LogP contribution in [-0.2, 0) is 5.41 Å². The Labute approximate surface area is 195 Å². The molecule has 0 aliphatic rings. The van der Waals surface area contributed by atoms with Gasteiger partial charge in [0, 0.05) is 18.2 Å². The number of aliphatic hydroxyl groups is 1. The van der Waals surface area contributed by atoms with Crippen molar-refractivity contribution < 1.29 is 14.6 Å². The number of nitrogens with zero attached hydrogens (tertiary/aromatic N) is 4. The van der Waals surface area contributed by atoms with Crippen LogP contribution in [0.15, 0.2) is 48.8 Å². The summed E-state index contributed by atoms with van der Waals surface area (Å²) in [5, 5.41) is 25.0. The summed E-state index contributed by atoms with van der Waals surface area (Å²) in [6.45, 7) is 9.04. The second-order valence-electron chi connectivity index (χ2n) is 8.55. The van der Waals surface area contributed by atoms with E-state index in [1.807, 2.05) is 42.5 Å². The van der Waals surface area contributed by atoms with Crippen LogP contribution >= 0.6 is 12.4 Å². The van der Waals surface area contributed by atoms with Crippen LogP contribution in [0, 0.1) is 0 Å². The number of methoxy groups -OCH3 is 1. The third-order valence-electron chi connectivity index (χ3n) is 5.09. The molecule has 0 radical (unpaired) electrons. The zero-order valence-electron chi connectivity index (χ0n) is 19.1. The van der Waals surface area contributed by atoms with Gasteiger partial charge in [0.05, 0.1) is 12.8 Å². The van der Waals surface area contributed by atoms with Crippen LogP contribution in [0.1, 0.15) is 44.9 Å². The van der Waals surface area contributed by atoms with Gasteiger partial charge in [-0.25, -0.2) is 4.68 Å². The summed E-state index contributed by atoms with van der Waals surface area (Å²) in [7, 11) is 1.65. The highest BCUT2D eigenvalue weighted by molar-refractivity contribution is 5.85. The van der Waals surface area contributed by atoms with E-state index in [4.69, 9.17) is 9.47 Å². The topological polar surface area (TPSA) is 94.3 Å². The number of aromatic nitrogens is 4. The minimum atomic E-state index is -0.641. The maximum atomic E-state index is 10.4. The first-order valence-electron chi connectivity index (χ1n) is 10.3. The van der Waals surface area contributed by atoms with Crippen molar-refractivity contribution in [3.05, 3.63) is 59.9 Å². The molecule has 0 bridgehead atoms. The van der Waals surface area contributed by atoms with Gasteiger partial charge in [-0.3, -0.25) is 0 Å². The van der Waals surface area contributed by atoms with Gasteiger partial charge >= 0.3 is 0 Å². The molecule has 0 aliphatic heterocycles. The molecule has 2 atom stereocenters. The van der Waals surface area contributed by atoms with Crippen LogP contribution in [0.25, 0.3) is 5.69 Å². The maximum Gasteiger partial charge on any atom is 0.143 e. The van der Waals surface area contributed by atoms with Crippen molar-refractivity contribution in [1.29, 1.82) is 0 Å². The number of halogens is 1. The molecule has 0 saturated heterocycles. The van der Waals surface area contributed by atoms with E-state index >= 15 is 0 Å². The number of hydrogen-bond donors (Lipinski definition) is 2. The zero-order chi connectivity index (χ0) is 22.4. The normalized spacial score (nSPS) is 13.2. The zero-order valence-corrected chi connectivity index (χ0v) is 20.0. The van der Waals surface area contributed by atoms with Crippen molar-refractivity contribution in [3.63, 3.8) is 0 Å². The highest BCUT2D eigenvalue weighted by Crippen LogP contribution is 2.34. The summed E-state index contributed by atoms with van der Waals surface area (Å²) in [6, 6.07) is 13.8. The van der Waals surface area contributed by atoms with E-state index in [1.165, 1.54) is 0 Å². The molecule has 0 amide bonds. The van der Waals surface area contributed by atoms with Gasteiger partial charge < -0.3 is 19.9 Å². The van der Waals surface area contributed by atoms with Crippen LogP contribution in [0.3, 0.4) is 0 Å².